The van der Waals surface area contributed by atoms with Crippen LogP contribution in [-0.2, 0) is 9.53 Å². The topological polar surface area (TPSA) is 68.5 Å². The molecule has 2 fully saturated rings. The summed E-state index contributed by atoms with van der Waals surface area (Å²) in [5.41, 5.74) is 0. The summed E-state index contributed by atoms with van der Waals surface area (Å²) < 4.78 is 11.2. The predicted octanol–water partition coefficient (Wildman–Crippen LogP) is 2.44. The quantitative estimate of drug-likeness (QED) is 0.808. The van der Waals surface area contributed by atoms with Crippen molar-refractivity contribution in [2.24, 2.45) is 5.92 Å². The molecule has 0 aliphatic carbocycles. The Kier molecular flexibility index (Phi) is 3.74. The van der Waals surface area contributed by atoms with Gasteiger partial charge in [-0.25, -0.2) is 0 Å². The number of carbonyl (C=O) groups is 1. The Hall–Kier alpha value is -1.99. The molecule has 0 N–H and O–H groups in total. The van der Waals surface area contributed by atoms with Gasteiger partial charge in [-0.05, 0) is 30.9 Å². The van der Waals surface area contributed by atoms with Gasteiger partial charge in [0.15, 0.2) is 5.82 Å². The Morgan fingerprint density at radius 2 is 2.39 bits per heavy atom. The average Bonchev–Trinajstić information content (AvgIpc) is 3.27. The summed E-state index contributed by atoms with van der Waals surface area (Å²) in [7, 11) is 0. The fourth-order valence-corrected chi connectivity index (χ4v) is 3.81. The van der Waals surface area contributed by atoms with Crippen LogP contribution >= 0.6 is 11.3 Å². The van der Waals surface area contributed by atoms with Crippen molar-refractivity contribution in [3.8, 4) is 0 Å². The Bertz CT molecular complexity index is 711. The number of hydrogen-bond donors (Lipinski definition) is 0. The zero-order valence-corrected chi connectivity index (χ0v) is 13.5. The van der Waals surface area contributed by atoms with Gasteiger partial charge in [0.05, 0.1) is 6.10 Å². The van der Waals surface area contributed by atoms with E-state index in [0.29, 0.717) is 24.2 Å². The van der Waals surface area contributed by atoms with Gasteiger partial charge in [-0.2, -0.15) is 4.98 Å². The molecule has 2 aromatic heterocycles. The SMILES string of the molecule is Cc1noc([C@@H]2C[C@@H]3CN(C(=O)/C=C/c4cccs4)C[C@@H]3O2)n1. The number of fused-ring (bicyclic) bond motifs is 1. The molecule has 7 heteroatoms. The summed E-state index contributed by atoms with van der Waals surface area (Å²) in [6, 6.07) is 3.97. The van der Waals surface area contributed by atoms with E-state index in [1.165, 1.54) is 0 Å². The minimum absolute atomic E-state index is 0.0431. The molecular weight excluding hydrogens is 314 g/mol. The molecule has 4 heterocycles. The summed E-state index contributed by atoms with van der Waals surface area (Å²) >= 11 is 1.62. The summed E-state index contributed by atoms with van der Waals surface area (Å²) in [5.74, 6) is 1.55. The number of nitrogens with zero attached hydrogens (tertiary/aromatic N) is 3. The van der Waals surface area contributed by atoms with Gasteiger partial charge in [0.1, 0.15) is 6.10 Å². The predicted molar refractivity (Wildman–Crippen MR) is 84.7 cm³/mol. The van der Waals surface area contributed by atoms with Crippen LogP contribution in [0.4, 0.5) is 0 Å². The highest BCUT2D eigenvalue weighted by atomic mass is 32.1. The van der Waals surface area contributed by atoms with Crippen molar-refractivity contribution in [1.82, 2.24) is 15.0 Å². The van der Waals surface area contributed by atoms with E-state index in [-0.39, 0.29) is 18.1 Å². The van der Waals surface area contributed by atoms with Crippen LogP contribution < -0.4 is 0 Å². The van der Waals surface area contributed by atoms with Gasteiger partial charge in [-0.1, -0.05) is 11.2 Å². The first kappa shape index (κ1) is 14.6. The maximum absolute atomic E-state index is 12.3. The van der Waals surface area contributed by atoms with Gasteiger partial charge in [-0.3, -0.25) is 4.79 Å². The van der Waals surface area contributed by atoms with E-state index < -0.39 is 0 Å². The molecule has 0 aromatic carbocycles. The number of ether oxygens (including phenoxy) is 1. The van der Waals surface area contributed by atoms with Crippen LogP contribution in [-0.4, -0.2) is 40.1 Å². The molecule has 2 saturated heterocycles. The fourth-order valence-electron chi connectivity index (χ4n) is 3.19. The van der Waals surface area contributed by atoms with Crippen LogP contribution in [0.15, 0.2) is 28.1 Å². The van der Waals surface area contributed by atoms with Gasteiger partial charge in [0.2, 0.25) is 5.91 Å². The van der Waals surface area contributed by atoms with Crippen molar-refractivity contribution in [3.63, 3.8) is 0 Å². The maximum atomic E-state index is 12.3. The average molecular weight is 331 g/mol. The molecule has 3 atom stereocenters. The molecule has 2 aromatic rings. The molecule has 0 bridgehead atoms. The molecule has 1 amide bonds. The molecule has 2 aliphatic heterocycles. The lowest BCUT2D eigenvalue weighted by Gasteiger charge is -2.16. The number of hydrogen-bond acceptors (Lipinski definition) is 6. The maximum Gasteiger partial charge on any atom is 0.255 e. The van der Waals surface area contributed by atoms with Crippen LogP contribution in [0.25, 0.3) is 6.08 Å². The third kappa shape index (κ3) is 2.94. The lowest BCUT2D eigenvalue weighted by Crippen LogP contribution is -2.29. The lowest BCUT2D eigenvalue weighted by atomic mass is 10.0. The van der Waals surface area contributed by atoms with E-state index in [1.54, 1.807) is 24.3 Å². The van der Waals surface area contributed by atoms with Crippen molar-refractivity contribution < 1.29 is 14.1 Å². The normalized spacial score (nSPS) is 27.0. The second kappa shape index (κ2) is 5.90. The van der Waals surface area contributed by atoms with Gasteiger partial charge < -0.3 is 14.2 Å². The standard InChI is InChI=1S/C16H17N3O3S/c1-10-17-16(22-18-10)13-7-11-8-19(9-14(11)21-13)15(20)5-4-12-3-2-6-23-12/h2-6,11,13-14H,7-9H2,1H3/b5-4+/t11-,13+,14+/m1/s1. The second-order valence-corrected chi connectivity index (χ2v) is 6.91. The van der Waals surface area contributed by atoms with Crippen molar-refractivity contribution in [3.05, 3.63) is 40.2 Å². The number of likely N-dealkylation sites (tertiary alicyclic amines) is 1. The van der Waals surface area contributed by atoms with Crippen molar-refractivity contribution >= 4 is 23.3 Å². The summed E-state index contributed by atoms with van der Waals surface area (Å²) in [6.07, 6.45) is 4.26. The largest absolute Gasteiger partial charge is 0.363 e. The minimum atomic E-state index is -0.134. The number of amides is 1. The van der Waals surface area contributed by atoms with Gasteiger partial charge in [0.25, 0.3) is 5.89 Å². The van der Waals surface area contributed by atoms with E-state index in [2.05, 4.69) is 10.1 Å². The summed E-state index contributed by atoms with van der Waals surface area (Å²) in [5, 5.41) is 5.81. The monoisotopic (exact) mass is 331 g/mol. The molecule has 120 valence electrons. The number of carbonyl (C=O) groups excluding carboxylic acids is 1. The summed E-state index contributed by atoms with van der Waals surface area (Å²) in [6.45, 7) is 3.15. The third-order valence-electron chi connectivity index (χ3n) is 4.30. The first-order valence-electron chi connectivity index (χ1n) is 7.65. The van der Waals surface area contributed by atoms with E-state index in [1.807, 2.05) is 28.5 Å². The van der Waals surface area contributed by atoms with Crippen molar-refractivity contribution in [2.75, 3.05) is 13.1 Å². The molecule has 0 radical (unpaired) electrons. The zero-order valence-electron chi connectivity index (χ0n) is 12.7. The Morgan fingerprint density at radius 3 is 3.09 bits per heavy atom. The van der Waals surface area contributed by atoms with Crippen LogP contribution in [0.5, 0.6) is 0 Å². The minimum Gasteiger partial charge on any atom is -0.363 e. The summed E-state index contributed by atoms with van der Waals surface area (Å²) in [4.78, 5) is 19.5. The number of aryl methyl sites for hydroxylation is 1. The number of thiophene rings is 1. The Balaban J connectivity index is 1.35. The molecule has 0 unspecified atom stereocenters. The van der Waals surface area contributed by atoms with E-state index in [4.69, 9.17) is 9.26 Å². The van der Waals surface area contributed by atoms with Crippen LogP contribution in [0, 0.1) is 12.8 Å². The Morgan fingerprint density at radius 1 is 1.48 bits per heavy atom. The molecule has 2 aliphatic rings. The number of rotatable bonds is 3. The van der Waals surface area contributed by atoms with E-state index >= 15 is 0 Å². The highest BCUT2D eigenvalue weighted by molar-refractivity contribution is 7.10. The van der Waals surface area contributed by atoms with E-state index in [0.717, 1.165) is 17.8 Å². The Labute approximate surface area is 137 Å². The van der Waals surface area contributed by atoms with Gasteiger partial charge >= 0.3 is 0 Å². The third-order valence-corrected chi connectivity index (χ3v) is 5.14. The molecular formula is C16H17N3O3S. The van der Waals surface area contributed by atoms with Crippen molar-refractivity contribution in [2.45, 2.75) is 25.6 Å². The highest BCUT2D eigenvalue weighted by Crippen LogP contribution is 2.40. The zero-order chi connectivity index (χ0) is 15.8. The molecule has 23 heavy (non-hydrogen) atoms. The van der Waals surface area contributed by atoms with Gasteiger partial charge in [-0.15, -0.1) is 11.3 Å². The first-order chi connectivity index (χ1) is 11.2. The van der Waals surface area contributed by atoms with Crippen molar-refractivity contribution in [1.29, 1.82) is 0 Å². The highest BCUT2D eigenvalue weighted by Gasteiger charge is 2.45. The van der Waals surface area contributed by atoms with Crippen LogP contribution in [0.1, 0.15) is 29.1 Å². The van der Waals surface area contributed by atoms with Crippen LogP contribution in [0.3, 0.4) is 0 Å². The first-order valence-corrected chi connectivity index (χ1v) is 8.53. The molecule has 0 saturated carbocycles. The molecule has 6 nitrogen and oxygen atoms in total. The van der Waals surface area contributed by atoms with Crippen LogP contribution in [0.2, 0.25) is 0 Å². The second-order valence-electron chi connectivity index (χ2n) is 5.93. The molecule has 4 rings (SSSR count). The molecule has 0 spiro atoms. The smallest absolute Gasteiger partial charge is 0.255 e. The fraction of sp³-hybridized carbons (Fsp3) is 0.438. The van der Waals surface area contributed by atoms with Gasteiger partial charge in [0, 0.05) is 30.0 Å². The van der Waals surface area contributed by atoms with E-state index in [9.17, 15) is 4.79 Å². The number of aromatic nitrogens is 2. The lowest BCUT2D eigenvalue weighted by molar-refractivity contribution is -0.126.